The summed E-state index contributed by atoms with van der Waals surface area (Å²) in [6, 6.07) is 8.10. The minimum Gasteiger partial charge on any atom is -0.351 e. The summed E-state index contributed by atoms with van der Waals surface area (Å²) in [6.07, 6.45) is 3.81. The fraction of sp³-hybridized carbons (Fsp3) is 0.533. The molecule has 4 nitrogen and oxygen atoms in total. The first-order chi connectivity index (χ1) is 9.74. The highest BCUT2D eigenvalue weighted by Crippen LogP contribution is 2.26. The van der Waals surface area contributed by atoms with Crippen molar-refractivity contribution >= 4 is 17.5 Å². The Kier molecular flexibility index (Phi) is 4.24. The second-order valence-electron chi connectivity index (χ2n) is 5.68. The Hall–Kier alpha value is -1.10. The third kappa shape index (κ3) is 2.97. The van der Waals surface area contributed by atoms with Crippen molar-refractivity contribution in [3.63, 3.8) is 0 Å². The number of hydrazine groups is 1. The molecule has 3 N–H and O–H groups in total. The van der Waals surface area contributed by atoms with Crippen molar-refractivity contribution in [2.45, 2.75) is 37.8 Å². The van der Waals surface area contributed by atoms with Gasteiger partial charge in [-0.15, -0.1) is 0 Å². The van der Waals surface area contributed by atoms with Crippen LogP contribution < -0.4 is 16.2 Å². The summed E-state index contributed by atoms with van der Waals surface area (Å²) in [5, 5.41) is 3.82. The molecule has 1 amide bonds. The summed E-state index contributed by atoms with van der Waals surface area (Å²) in [5.74, 6) is 0.687. The lowest BCUT2D eigenvalue weighted by Crippen LogP contribution is -2.53. The zero-order valence-electron chi connectivity index (χ0n) is 11.4. The van der Waals surface area contributed by atoms with E-state index in [1.807, 2.05) is 24.3 Å². The van der Waals surface area contributed by atoms with E-state index >= 15 is 0 Å². The Balaban J connectivity index is 1.60. The second kappa shape index (κ2) is 6.12. The summed E-state index contributed by atoms with van der Waals surface area (Å²) in [5.41, 5.74) is 7.39. The van der Waals surface area contributed by atoms with Crippen molar-refractivity contribution in [2.75, 3.05) is 6.54 Å². The minimum absolute atomic E-state index is 0.0532. The molecule has 1 aliphatic heterocycles. The smallest absolute Gasteiger partial charge is 0.224 e. The quantitative estimate of drug-likeness (QED) is 0.794. The molecule has 0 spiro atoms. The molecular formula is C15H20ClN3O. The molecule has 20 heavy (non-hydrogen) atoms. The Morgan fingerprint density at radius 2 is 2.20 bits per heavy atom. The van der Waals surface area contributed by atoms with Crippen LogP contribution in [0.25, 0.3) is 0 Å². The van der Waals surface area contributed by atoms with Gasteiger partial charge in [-0.1, -0.05) is 36.2 Å². The van der Waals surface area contributed by atoms with Crippen LogP contribution in [0.4, 0.5) is 0 Å². The average Bonchev–Trinajstić information content (AvgIpc) is 2.91. The molecule has 1 saturated carbocycles. The lowest BCUT2D eigenvalue weighted by molar-refractivity contribution is -0.121. The summed E-state index contributed by atoms with van der Waals surface area (Å²) >= 11 is 6.10. The Bertz CT molecular complexity index is 494. The number of benzene rings is 1. The maximum absolute atomic E-state index is 12.2. The van der Waals surface area contributed by atoms with Crippen molar-refractivity contribution in [2.24, 2.45) is 5.92 Å². The van der Waals surface area contributed by atoms with Crippen LogP contribution in [0.2, 0.25) is 5.02 Å². The van der Waals surface area contributed by atoms with Gasteiger partial charge in [0.1, 0.15) is 0 Å². The van der Waals surface area contributed by atoms with Crippen LogP contribution >= 0.6 is 11.6 Å². The van der Waals surface area contributed by atoms with E-state index in [4.69, 9.17) is 11.6 Å². The average molecular weight is 294 g/mol. The van der Waals surface area contributed by atoms with Gasteiger partial charge in [0.15, 0.2) is 0 Å². The van der Waals surface area contributed by atoms with Gasteiger partial charge in [-0.3, -0.25) is 15.6 Å². The molecule has 1 aliphatic carbocycles. The Morgan fingerprint density at radius 3 is 3.05 bits per heavy atom. The van der Waals surface area contributed by atoms with Crippen molar-refractivity contribution in [3.05, 3.63) is 34.9 Å². The molecule has 2 fully saturated rings. The van der Waals surface area contributed by atoms with Crippen molar-refractivity contribution < 1.29 is 4.79 Å². The predicted molar refractivity (Wildman–Crippen MR) is 79.4 cm³/mol. The van der Waals surface area contributed by atoms with Crippen molar-refractivity contribution in [1.82, 2.24) is 16.2 Å². The van der Waals surface area contributed by atoms with E-state index in [1.54, 1.807) is 0 Å². The summed E-state index contributed by atoms with van der Waals surface area (Å²) in [7, 11) is 0. The molecule has 2 aliphatic rings. The minimum atomic E-state index is 0.0532. The van der Waals surface area contributed by atoms with E-state index in [0.29, 0.717) is 23.4 Å². The molecule has 0 bridgehead atoms. The standard InChI is InChI=1S/C15H20ClN3O/c16-12-6-2-1-4-10(12)8-14(20)18-13-7-3-5-11-9-17-19-15(11)13/h1-2,4,6,11,13,15,17,19H,3,5,7-9H2,(H,18,20). The van der Waals surface area contributed by atoms with E-state index in [9.17, 15) is 4.79 Å². The molecule has 108 valence electrons. The maximum Gasteiger partial charge on any atom is 0.224 e. The summed E-state index contributed by atoms with van der Waals surface area (Å²) < 4.78 is 0. The molecule has 5 heteroatoms. The van der Waals surface area contributed by atoms with E-state index in [2.05, 4.69) is 16.2 Å². The number of fused-ring (bicyclic) bond motifs is 1. The summed E-state index contributed by atoms with van der Waals surface area (Å²) in [6.45, 7) is 1.00. The van der Waals surface area contributed by atoms with Crippen LogP contribution in [-0.2, 0) is 11.2 Å². The summed E-state index contributed by atoms with van der Waals surface area (Å²) in [4.78, 5) is 12.2. The number of rotatable bonds is 3. The third-order valence-corrected chi connectivity index (χ3v) is 4.69. The number of carbonyl (C=O) groups excluding carboxylic acids is 1. The van der Waals surface area contributed by atoms with Crippen molar-refractivity contribution in [3.8, 4) is 0 Å². The highest BCUT2D eigenvalue weighted by atomic mass is 35.5. The number of hydrogen-bond donors (Lipinski definition) is 3. The molecule has 3 unspecified atom stereocenters. The van der Waals surface area contributed by atoms with Gasteiger partial charge in [-0.25, -0.2) is 0 Å². The van der Waals surface area contributed by atoms with Gasteiger partial charge in [0.25, 0.3) is 0 Å². The fourth-order valence-electron chi connectivity index (χ4n) is 3.28. The largest absolute Gasteiger partial charge is 0.351 e. The van der Waals surface area contributed by atoms with Crippen LogP contribution in [0.5, 0.6) is 0 Å². The highest BCUT2D eigenvalue weighted by Gasteiger charge is 2.37. The molecule has 1 aromatic carbocycles. The van der Waals surface area contributed by atoms with E-state index in [-0.39, 0.29) is 11.9 Å². The van der Waals surface area contributed by atoms with Crippen molar-refractivity contribution in [1.29, 1.82) is 0 Å². The zero-order valence-corrected chi connectivity index (χ0v) is 12.1. The fourth-order valence-corrected chi connectivity index (χ4v) is 3.48. The monoisotopic (exact) mass is 293 g/mol. The second-order valence-corrected chi connectivity index (χ2v) is 6.09. The van der Waals surface area contributed by atoms with Crippen LogP contribution in [-0.4, -0.2) is 24.5 Å². The first kappa shape index (κ1) is 13.9. The van der Waals surface area contributed by atoms with Gasteiger partial charge in [0.05, 0.1) is 6.42 Å². The lowest BCUT2D eigenvalue weighted by atomic mass is 9.82. The van der Waals surface area contributed by atoms with Gasteiger partial charge < -0.3 is 5.32 Å². The normalized spacial score (nSPS) is 28.9. The van der Waals surface area contributed by atoms with E-state index in [1.165, 1.54) is 12.8 Å². The highest BCUT2D eigenvalue weighted by molar-refractivity contribution is 6.31. The number of hydrogen-bond acceptors (Lipinski definition) is 3. The van der Waals surface area contributed by atoms with Gasteiger partial charge in [0.2, 0.25) is 5.91 Å². The van der Waals surface area contributed by atoms with Gasteiger partial charge in [-0.05, 0) is 30.4 Å². The van der Waals surface area contributed by atoms with Gasteiger partial charge in [-0.2, -0.15) is 0 Å². The van der Waals surface area contributed by atoms with Gasteiger partial charge in [0, 0.05) is 23.7 Å². The Morgan fingerprint density at radius 1 is 1.35 bits per heavy atom. The predicted octanol–water partition coefficient (Wildman–Crippen LogP) is 1.64. The topological polar surface area (TPSA) is 53.2 Å². The lowest BCUT2D eigenvalue weighted by Gasteiger charge is -2.33. The first-order valence-electron chi connectivity index (χ1n) is 7.25. The van der Waals surface area contributed by atoms with Crippen LogP contribution in [0, 0.1) is 5.92 Å². The first-order valence-corrected chi connectivity index (χ1v) is 7.63. The van der Waals surface area contributed by atoms with E-state index < -0.39 is 0 Å². The molecule has 1 saturated heterocycles. The SMILES string of the molecule is O=C(Cc1ccccc1Cl)NC1CCCC2CNNC21. The Labute approximate surface area is 124 Å². The number of amides is 1. The molecule has 3 rings (SSSR count). The molecule has 0 radical (unpaired) electrons. The van der Waals surface area contributed by atoms with E-state index in [0.717, 1.165) is 18.5 Å². The van der Waals surface area contributed by atoms with Crippen LogP contribution in [0.3, 0.4) is 0 Å². The molecule has 1 aromatic rings. The zero-order chi connectivity index (χ0) is 13.9. The number of nitrogens with one attached hydrogen (secondary N) is 3. The number of halogens is 1. The van der Waals surface area contributed by atoms with Crippen LogP contribution in [0.1, 0.15) is 24.8 Å². The molecular weight excluding hydrogens is 274 g/mol. The third-order valence-electron chi connectivity index (χ3n) is 4.32. The molecule has 0 aromatic heterocycles. The maximum atomic E-state index is 12.2. The molecule has 1 heterocycles. The molecule has 3 atom stereocenters. The number of carbonyl (C=O) groups is 1. The van der Waals surface area contributed by atoms with Gasteiger partial charge >= 0.3 is 0 Å². The van der Waals surface area contributed by atoms with Crippen LogP contribution in [0.15, 0.2) is 24.3 Å².